The van der Waals surface area contributed by atoms with Crippen LogP contribution in [0.3, 0.4) is 0 Å². The normalized spacial score (nSPS) is 14.3. The lowest BCUT2D eigenvalue weighted by molar-refractivity contribution is -0.190. The van der Waals surface area contributed by atoms with E-state index in [0.29, 0.717) is 6.42 Å². The largest absolute Gasteiger partial charge is 0.481 e. The van der Waals surface area contributed by atoms with Crippen molar-refractivity contribution in [3.8, 4) is 0 Å². The fourth-order valence-corrected chi connectivity index (χ4v) is 1.44. The SMILES string of the molecule is CCCN(CC)C(CC(=O)O)C(F)(F)F. The molecule has 0 rings (SSSR count). The standard InChI is InChI=1S/C9H16F3NO2/c1-3-5-13(4-2)7(6-8(14)15)9(10,11)12/h7H,3-6H2,1-2H3,(H,14,15). The summed E-state index contributed by atoms with van der Waals surface area (Å²) >= 11 is 0. The van der Waals surface area contributed by atoms with Crippen LogP contribution in [0.4, 0.5) is 13.2 Å². The second kappa shape index (κ2) is 5.95. The van der Waals surface area contributed by atoms with Gasteiger partial charge in [0.1, 0.15) is 6.04 Å². The van der Waals surface area contributed by atoms with Crippen molar-refractivity contribution in [2.45, 2.75) is 38.9 Å². The molecule has 90 valence electrons. The van der Waals surface area contributed by atoms with Crippen molar-refractivity contribution in [1.82, 2.24) is 4.90 Å². The van der Waals surface area contributed by atoms with Gasteiger partial charge < -0.3 is 5.11 Å². The van der Waals surface area contributed by atoms with E-state index < -0.39 is 24.6 Å². The lowest BCUT2D eigenvalue weighted by Gasteiger charge is -2.30. The van der Waals surface area contributed by atoms with E-state index in [4.69, 9.17) is 5.11 Å². The Bertz CT molecular complexity index is 206. The molecule has 0 fully saturated rings. The summed E-state index contributed by atoms with van der Waals surface area (Å²) in [7, 11) is 0. The molecule has 0 saturated heterocycles. The van der Waals surface area contributed by atoms with Gasteiger partial charge >= 0.3 is 12.1 Å². The van der Waals surface area contributed by atoms with Gasteiger partial charge in [-0.15, -0.1) is 0 Å². The molecule has 0 radical (unpaired) electrons. The molecular formula is C9H16F3NO2. The molecule has 0 aromatic rings. The number of carbonyl (C=O) groups is 1. The molecule has 1 unspecified atom stereocenters. The predicted molar refractivity (Wildman–Crippen MR) is 49.6 cm³/mol. The zero-order valence-electron chi connectivity index (χ0n) is 8.84. The Labute approximate surface area is 86.9 Å². The predicted octanol–water partition coefficient (Wildman–Crippen LogP) is 2.12. The summed E-state index contributed by atoms with van der Waals surface area (Å²) in [5.74, 6) is -1.42. The van der Waals surface area contributed by atoms with Crippen molar-refractivity contribution in [2.24, 2.45) is 0 Å². The van der Waals surface area contributed by atoms with Gasteiger partial charge in [0.25, 0.3) is 0 Å². The lowest BCUT2D eigenvalue weighted by Crippen LogP contribution is -2.47. The Hall–Kier alpha value is -0.780. The van der Waals surface area contributed by atoms with Crippen molar-refractivity contribution in [3.05, 3.63) is 0 Å². The summed E-state index contributed by atoms with van der Waals surface area (Å²) in [6.07, 6.45) is -4.80. The highest BCUT2D eigenvalue weighted by Gasteiger charge is 2.43. The van der Waals surface area contributed by atoms with Gasteiger partial charge in [0.2, 0.25) is 0 Å². The Balaban J connectivity index is 4.65. The maximum absolute atomic E-state index is 12.5. The highest BCUT2D eigenvalue weighted by Crippen LogP contribution is 2.27. The number of halogens is 3. The molecule has 1 N–H and O–H groups in total. The second-order valence-electron chi connectivity index (χ2n) is 3.28. The minimum Gasteiger partial charge on any atom is -0.481 e. The topological polar surface area (TPSA) is 40.5 Å². The zero-order valence-corrected chi connectivity index (χ0v) is 8.84. The number of aliphatic carboxylic acids is 1. The first-order valence-corrected chi connectivity index (χ1v) is 4.85. The molecule has 0 spiro atoms. The Morgan fingerprint density at radius 1 is 1.40 bits per heavy atom. The summed E-state index contributed by atoms with van der Waals surface area (Å²) in [4.78, 5) is 11.5. The van der Waals surface area contributed by atoms with E-state index in [9.17, 15) is 18.0 Å². The highest BCUT2D eigenvalue weighted by molar-refractivity contribution is 5.67. The molecule has 0 aliphatic carbocycles. The molecule has 0 heterocycles. The third-order valence-corrected chi connectivity index (χ3v) is 2.10. The van der Waals surface area contributed by atoms with Crippen LogP contribution in [0.15, 0.2) is 0 Å². The van der Waals surface area contributed by atoms with Crippen molar-refractivity contribution in [2.75, 3.05) is 13.1 Å². The van der Waals surface area contributed by atoms with Crippen LogP contribution in [-0.2, 0) is 4.79 Å². The Morgan fingerprint density at radius 3 is 2.20 bits per heavy atom. The molecule has 3 nitrogen and oxygen atoms in total. The number of hydrogen-bond donors (Lipinski definition) is 1. The van der Waals surface area contributed by atoms with Gasteiger partial charge in [-0.3, -0.25) is 9.69 Å². The second-order valence-corrected chi connectivity index (χ2v) is 3.28. The molecular weight excluding hydrogens is 211 g/mol. The van der Waals surface area contributed by atoms with Crippen molar-refractivity contribution in [1.29, 1.82) is 0 Å². The van der Waals surface area contributed by atoms with Crippen LogP contribution >= 0.6 is 0 Å². The lowest BCUT2D eigenvalue weighted by atomic mass is 10.1. The minimum absolute atomic E-state index is 0.200. The van der Waals surface area contributed by atoms with E-state index in [1.807, 2.05) is 0 Å². The van der Waals surface area contributed by atoms with Crippen LogP contribution in [0.25, 0.3) is 0 Å². The van der Waals surface area contributed by atoms with Gasteiger partial charge in [-0.2, -0.15) is 13.2 Å². The van der Waals surface area contributed by atoms with E-state index in [1.54, 1.807) is 13.8 Å². The van der Waals surface area contributed by atoms with E-state index in [1.165, 1.54) is 0 Å². The maximum atomic E-state index is 12.5. The Morgan fingerprint density at radius 2 is 1.93 bits per heavy atom. The van der Waals surface area contributed by atoms with Crippen LogP contribution in [0.5, 0.6) is 0 Å². The van der Waals surface area contributed by atoms with Gasteiger partial charge in [0, 0.05) is 0 Å². The van der Waals surface area contributed by atoms with Crippen molar-refractivity contribution >= 4 is 5.97 Å². The first-order valence-electron chi connectivity index (χ1n) is 4.85. The molecule has 0 bridgehead atoms. The summed E-state index contributed by atoms with van der Waals surface area (Å²) in [6.45, 7) is 3.81. The van der Waals surface area contributed by atoms with Crippen LogP contribution in [0.1, 0.15) is 26.7 Å². The average molecular weight is 227 g/mol. The third-order valence-electron chi connectivity index (χ3n) is 2.10. The minimum atomic E-state index is -4.48. The van der Waals surface area contributed by atoms with Crippen LogP contribution in [-0.4, -0.2) is 41.3 Å². The maximum Gasteiger partial charge on any atom is 0.404 e. The molecule has 0 aliphatic rings. The molecule has 0 aromatic carbocycles. The molecule has 0 aliphatic heterocycles. The molecule has 1 atom stereocenters. The van der Waals surface area contributed by atoms with Gasteiger partial charge in [0.15, 0.2) is 0 Å². The fraction of sp³-hybridized carbons (Fsp3) is 0.889. The van der Waals surface area contributed by atoms with Crippen molar-refractivity contribution in [3.63, 3.8) is 0 Å². The van der Waals surface area contributed by atoms with Crippen LogP contribution in [0.2, 0.25) is 0 Å². The summed E-state index contributed by atoms with van der Waals surface area (Å²) in [5.41, 5.74) is 0. The third kappa shape index (κ3) is 5.01. The van der Waals surface area contributed by atoms with Gasteiger partial charge in [-0.1, -0.05) is 13.8 Å². The number of rotatable bonds is 6. The van der Waals surface area contributed by atoms with Crippen molar-refractivity contribution < 1.29 is 23.1 Å². The first-order chi connectivity index (χ1) is 6.82. The van der Waals surface area contributed by atoms with Gasteiger partial charge in [-0.05, 0) is 19.5 Å². The van der Waals surface area contributed by atoms with Crippen LogP contribution in [0, 0.1) is 0 Å². The first kappa shape index (κ1) is 14.2. The summed E-state index contributed by atoms with van der Waals surface area (Å²) in [5, 5.41) is 8.43. The molecule has 0 saturated carbocycles. The quantitative estimate of drug-likeness (QED) is 0.755. The van der Waals surface area contributed by atoms with E-state index >= 15 is 0 Å². The number of hydrogen-bond acceptors (Lipinski definition) is 2. The molecule has 15 heavy (non-hydrogen) atoms. The smallest absolute Gasteiger partial charge is 0.404 e. The molecule has 0 amide bonds. The Kier molecular flexibility index (Phi) is 5.64. The van der Waals surface area contributed by atoms with Gasteiger partial charge in [-0.25, -0.2) is 0 Å². The number of carboxylic acids is 1. The molecule has 0 aromatic heterocycles. The number of nitrogens with zero attached hydrogens (tertiary/aromatic N) is 1. The number of alkyl halides is 3. The van der Waals surface area contributed by atoms with E-state index in [-0.39, 0.29) is 13.1 Å². The molecule has 6 heteroatoms. The van der Waals surface area contributed by atoms with Crippen LogP contribution < -0.4 is 0 Å². The average Bonchev–Trinajstić information content (AvgIpc) is 2.09. The van der Waals surface area contributed by atoms with E-state index in [0.717, 1.165) is 4.90 Å². The summed E-state index contributed by atoms with van der Waals surface area (Å²) < 4.78 is 37.6. The summed E-state index contributed by atoms with van der Waals surface area (Å²) in [6, 6.07) is -1.88. The zero-order chi connectivity index (χ0) is 12.1. The number of carboxylic acid groups (broad SMARTS) is 1. The van der Waals surface area contributed by atoms with E-state index in [2.05, 4.69) is 0 Å². The van der Waals surface area contributed by atoms with Gasteiger partial charge in [0.05, 0.1) is 6.42 Å². The monoisotopic (exact) mass is 227 g/mol. The highest BCUT2D eigenvalue weighted by atomic mass is 19.4. The fourth-order valence-electron chi connectivity index (χ4n) is 1.44.